The highest BCUT2D eigenvalue weighted by molar-refractivity contribution is 5.95. The first-order valence-electron chi connectivity index (χ1n) is 10.9. The number of rotatable bonds is 4. The summed E-state index contributed by atoms with van der Waals surface area (Å²) in [5, 5.41) is 3.76. The average Bonchev–Trinajstić information content (AvgIpc) is 3.29. The van der Waals surface area contributed by atoms with Gasteiger partial charge >= 0.3 is 0 Å². The first kappa shape index (κ1) is 19.2. The first-order chi connectivity index (χ1) is 14.8. The molecule has 0 spiro atoms. The number of nitrogens with zero attached hydrogens (tertiary/aromatic N) is 1. The Bertz CT molecular complexity index is 965. The largest absolute Gasteiger partial charge is 0.494 e. The van der Waals surface area contributed by atoms with Crippen LogP contribution in [0, 0.1) is 5.92 Å². The van der Waals surface area contributed by atoms with Crippen LogP contribution in [0.25, 0.3) is 0 Å². The molecule has 2 aliphatic heterocycles. The SMILES string of the molecule is CCOc1ccccc1C1Nc2ccc(C(=O)N3CCOCC3)cc2C2C=CCC21. The Labute approximate surface area is 177 Å². The molecule has 2 aromatic carbocycles. The summed E-state index contributed by atoms with van der Waals surface area (Å²) in [6, 6.07) is 14.6. The molecule has 2 heterocycles. The molecule has 0 bridgehead atoms. The van der Waals surface area contributed by atoms with Crippen LogP contribution in [0.2, 0.25) is 0 Å². The number of nitrogens with one attached hydrogen (secondary N) is 1. The molecular weight excluding hydrogens is 376 g/mol. The van der Waals surface area contributed by atoms with Crippen molar-refractivity contribution in [3.05, 3.63) is 71.3 Å². The van der Waals surface area contributed by atoms with Crippen molar-refractivity contribution in [1.82, 2.24) is 4.90 Å². The fourth-order valence-corrected chi connectivity index (χ4v) is 5.01. The van der Waals surface area contributed by atoms with Gasteiger partial charge in [0, 0.05) is 35.8 Å². The quantitative estimate of drug-likeness (QED) is 0.768. The van der Waals surface area contributed by atoms with E-state index >= 15 is 0 Å². The lowest BCUT2D eigenvalue weighted by Gasteiger charge is -2.38. The van der Waals surface area contributed by atoms with Gasteiger partial charge in [0.15, 0.2) is 0 Å². The predicted molar refractivity (Wildman–Crippen MR) is 117 cm³/mol. The summed E-state index contributed by atoms with van der Waals surface area (Å²) in [7, 11) is 0. The highest BCUT2D eigenvalue weighted by Crippen LogP contribution is 2.51. The lowest BCUT2D eigenvalue weighted by Crippen LogP contribution is -2.40. The van der Waals surface area contributed by atoms with E-state index in [2.05, 4.69) is 47.8 Å². The normalized spacial score (nSPS) is 24.7. The van der Waals surface area contributed by atoms with Crippen LogP contribution in [0.5, 0.6) is 5.75 Å². The molecule has 3 atom stereocenters. The van der Waals surface area contributed by atoms with E-state index in [1.165, 1.54) is 11.1 Å². The van der Waals surface area contributed by atoms with Crippen LogP contribution in [0.15, 0.2) is 54.6 Å². The van der Waals surface area contributed by atoms with Crippen LogP contribution in [0.3, 0.4) is 0 Å². The maximum absolute atomic E-state index is 13.0. The fourth-order valence-electron chi connectivity index (χ4n) is 5.01. The highest BCUT2D eigenvalue weighted by atomic mass is 16.5. The van der Waals surface area contributed by atoms with Crippen molar-refractivity contribution >= 4 is 11.6 Å². The molecule has 1 saturated heterocycles. The zero-order valence-corrected chi connectivity index (χ0v) is 17.3. The van der Waals surface area contributed by atoms with Crippen molar-refractivity contribution in [2.75, 3.05) is 38.2 Å². The second-order valence-corrected chi connectivity index (χ2v) is 8.15. The number of allylic oxidation sites excluding steroid dienone is 2. The summed E-state index contributed by atoms with van der Waals surface area (Å²) >= 11 is 0. The fraction of sp³-hybridized carbons (Fsp3) is 0.400. The molecule has 0 radical (unpaired) electrons. The number of ether oxygens (including phenoxy) is 2. The number of morpholine rings is 1. The number of fused-ring (bicyclic) bond motifs is 3. The van der Waals surface area contributed by atoms with E-state index in [-0.39, 0.29) is 11.9 Å². The number of amides is 1. The van der Waals surface area contributed by atoms with Gasteiger partial charge in [0.2, 0.25) is 0 Å². The monoisotopic (exact) mass is 404 g/mol. The second kappa shape index (κ2) is 8.15. The zero-order chi connectivity index (χ0) is 20.5. The standard InChI is InChI=1S/C25H28N2O3/c1-2-30-23-9-4-3-6-20(23)24-19-8-5-7-18(19)21-16-17(10-11-22(21)26-24)25(28)27-12-14-29-15-13-27/h3-7,9-11,16,18-19,24,26H,2,8,12-15H2,1H3. The van der Waals surface area contributed by atoms with E-state index in [1.807, 2.05) is 24.0 Å². The van der Waals surface area contributed by atoms with Crippen LogP contribution >= 0.6 is 0 Å². The van der Waals surface area contributed by atoms with Crippen LogP contribution in [-0.2, 0) is 4.74 Å². The second-order valence-electron chi connectivity index (χ2n) is 8.15. The molecule has 3 unspecified atom stereocenters. The molecule has 5 rings (SSSR count). The van der Waals surface area contributed by atoms with Gasteiger partial charge < -0.3 is 19.7 Å². The summed E-state index contributed by atoms with van der Waals surface area (Å²) in [5.74, 6) is 1.76. The van der Waals surface area contributed by atoms with Crippen LogP contribution < -0.4 is 10.1 Å². The van der Waals surface area contributed by atoms with E-state index in [0.29, 0.717) is 44.7 Å². The van der Waals surface area contributed by atoms with Crippen molar-refractivity contribution in [3.8, 4) is 5.75 Å². The number of carbonyl (C=O) groups excluding carboxylic acids is 1. The van der Waals surface area contributed by atoms with Crippen LogP contribution in [0.1, 0.15) is 46.8 Å². The third kappa shape index (κ3) is 3.37. The highest BCUT2D eigenvalue weighted by Gasteiger charge is 2.39. The molecule has 5 nitrogen and oxygen atoms in total. The smallest absolute Gasteiger partial charge is 0.254 e. The summed E-state index contributed by atoms with van der Waals surface area (Å²) < 4.78 is 11.3. The Morgan fingerprint density at radius 1 is 1.17 bits per heavy atom. The molecule has 156 valence electrons. The Morgan fingerprint density at radius 3 is 2.83 bits per heavy atom. The summed E-state index contributed by atoms with van der Waals surface area (Å²) in [4.78, 5) is 14.9. The Morgan fingerprint density at radius 2 is 2.00 bits per heavy atom. The summed E-state index contributed by atoms with van der Waals surface area (Å²) in [5.41, 5.74) is 4.30. The van der Waals surface area contributed by atoms with Crippen LogP contribution in [0.4, 0.5) is 5.69 Å². The average molecular weight is 405 g/mol. The van der Waals surface area contributed by atoms with Gasteiger partial charge in [-0.3, -0.25) is 4.79 Å². The molecule has 1 N–H and O–H groups in total. The predicted octanol–water partition coefficient (Wildman–Crippen LogP) is 4.38. The van der Waals surface area contributed by atoms with Gasteiger partial charge in [-0.05, 0) is 49.1 Å². The lowest BCUT2D eigenvalue weighted by molar-refractivity contribution is 0.0303. The van der Waals surface area contributed by atoms with Gasteiger partial charge in [-0.2, -0.15) is 0 Å². The number of para-hydroxylation sites is 1. The van der Waals surface area contributed by atoms with Crippen LogP contribution in [-0.4, -0.2) is 43.7 Å². The molecule has 0 saturated carbocycles. The number of hydrogen-bond donors (Lipinski definition) is 1. The summed E-state index contributed by atoms with van der Waals surface area (Å²) in [6.07, 6.45) is 5.60. The Hall–Kier alpha value is -2.79. The minimum Gasteiger partial charge on any atom is -0.494 e. The van der Waals surface area contributed by atoms with Crippen molar-refractivity contribution < 1.29 is 14.3 Å². The van der Waals surface area contributed by atoms with Crippen molar-refractivity contribution in [2.45, 2.75) is 25.3 Å². The third-order valence-corrected chi connectivity index (χ3v) is 6.46. The molecule has 30 heavy (non-hydrogen) atoms. The van der Waals surface area contributed by atoms with E-state index in [4.69, 9.17) is 9.47 Å². The molecule has 3 aliphatic rings. The van der Waals surface area contributed by atoms with Crippen molar-refractivity contribution in [3.63, 3.8) is 0 Å². The first-order valence-corrected chi connectivity index (χ1v) is 10.9. The minimum atomic E-state index is 0.100. The Kier molecular flexibility index (Phi) is 5.21. The number of hydrogen-bond acceptors (Lipinski definition) is 4. The van der Waals surface area contributed by atoms with Crippen molar-refractivity contribution in [2.24, 2.45) is 5.92 Å². The lowest BCUT2D eigenvalue weighted by atomic mass is 9.76. The van der Waals surface area contributed by atoms with E-state index in [9.17, 15) is 4.79 Å². The van der Waals surface area contributed by atoms with Gasteiger partial charge in [-0.15, -0.1) is 0 Å². The number of carbonyl (C=O) groups is 1. The maximum atomic E-state index is 13.0. The van der Waals surface area contributed by atoms with Gasteiger partial charge in [-0.1, -0.05) is 30.4 Å². The number of benzene rings is 2. The molecule has 1 fully saturated rings. The molecule has 2 aromatic rings. The number of anilines is 1. The zero-order valence-electron chi connectivity index (χ0n) is 17.3. The molecular formula is C25H28N2O3. The third-order valence-electron chi connectivity index (χ3n) is 6.46. The molecule has 1 amide bonds. The van der Waals surface area contributed by atoms with E-state index in [0.717, 1.165) is 23.4 Å². The molecule has 0 aromatic heterocycles. The van der Waals surface area contributed by atoms with Gasteiger partial charge in [-0.25, -0.2) is 0 Å². The Balaban J connectivity index is 1.48. The molecule has 5 heteroatoms. The van der Waals surface area contributed by atoms with Gasteiger partial charge in [0.05, 0.1) is 25.9 Å². The van der Waals surface area contributed by atoms with E-state index < -0.39 is 0 Å². The van der Waals surface area contributed by atoms with Gasteiger partial charge in [0.25, 0.3) is 5.91 Å². The van der Waals surface area contributed by atoms with Crippen molar-refractivity contribution in [1.29, 1.82) is 0 Å². The molecule has 1 aliphatic carbocycles. The maximum Gasteiger partial charge on any atom is 0.254 e. The minimum absolute atomic E-state index is 0.100. The summed E-state index contributed by atoms with van der Waals surface area (Å²) in [6.45, 7) is 5.24. The van der Waals surface area contributed by atoms with E-state index in [1.54, 1.807) is 0 Å². The topological polar surface area (TPSA) is 50.8 Å². The van der Waals surface area contributed by atoms with Gasteiger partial charge in [0.1, 0.15) is 5.75 Å².